The van der Waals surface area contributed by atoms with E-state index in [4.69, 9.17) is 5.73 Å². The predicted octanol–water partition coefficient (Wildman–Crippen LogP) is 2.75. The molecule has 3 N–H and O–H groups in total. The fourth-order valence-electron chi connectivity index (χ4n) is 3.38. The van der Waals surface area contributed by atoms with Gasteiger partial charge in [-0.1, -0.05) is 0 Å². The number of pyridine rings is 1. The zero-order valence-corrected chi connectivity index (χ0v) is 12.2. The van der Waals surface area contributed by atoms with Gasteiger partial charge in [0.15, 0.2) is 0 Å². The average molecular weight is 274 g/mol. The Morgan fingerprint density at radius 3 is 2.65 bits per heavy atom. The number of nitrogens with one attached hydrogen (secondary N) is 1. The second-order valence-corrected chi connectivity index (χ2v) is 6.22. The number of rotatable bonds is 3. The van der Waals surface area contributed by atoms with Crippen LogP contribution in [0.4, 0.5) is 11.5 Å². The molecule has 2 unspecified atom stereocenters. The van der Waals surface area contributed by atoms with Crippen LogP contribution in [0.25, 0.3) is 0 Å². The zero-order chi connectivity index (χ0) is 13.8. The molecule has 1 aliphatic carbocycles. The van der Waals surface area contributed by atoms with Gasteiger partial charge in [0.05, 0.1) is 11.9 Å². The Bertz CT molecular complexity index is 411. The van der Waals surface area contributed by atoms with Crippen LogP contribution in [0, 0.1) is 0 Å². The van der Waals surface area contributed by atoms with Crippen molar-refractivity contribution in [1.29, 1.82) is 0 Å². The Balaban J connectivity index is 1.58. The molecular formula is C16H26N4. The minimum absolute atomic E-state index is 0.363. The van der Waals surface area contributed by atoms with Gasteiger partial charge in [0.1, 0.15) is 5.82 Å². The summed E-state index contributed by atoms with van der Waals surface area (Å²) in [5.74, 6) is 1.12. The summed E-state index contributed by atoms with van der Waals surface area (Å²) < 4.78 is 0. The number of hydrogen-bond acceptors (Lipinski definition) is 4. The number of piperidine rings is 1. The largest absolute Gasteiger partial charge is 0.381 e. The van der Waals surface area contributed by atoms with Crippen LogP contribution in [0.15, 0.2) is 18.3 Å². The van der Waals surface area contributed by atoms with Crippen molar-refractivity contribution >= 4 is 11.5 Å². The molecule has 110 valence electrons. The summed E-state index contributed by atoms with van der Waals surface area (Å²) in [6.45, 7) is 2.30. The predicted molar refractivity (Wildman–Crippen MR) is 84.2 cm³/mol. The molecule has 4 heteroatoms. The molecule has 4 nitrogen and oxygen atoms in total. The first kappa shape index (κ1) is 13.7. The second kappa shape index (κ2) is 6.44. The van der Waals surface area contributed by atoms with Gasteiger partial charge in [0.2, 0.25) is 0 Å². The molecule has 20 heavy (non-hydrogen) atoms. The molecule has 1 aromatic rings. The second-order valence-electron chi connectivity index (χ2n) is 6.22. The van der Waals surface area contributed by atoms with Gasteiger partial charge in [-0.25, -0.2) is 4.98 Å². The first-order valence-corrected chi connectivity index (χ1v) is 8.04. The van der Waals surface area contributed by atoms with Crippen LogP contribution in [0.2, 0.25) is 0 Å². The fourth-order valence-corrected chi connectivity index (χ4v) is 3.38. The molecule has 0 radical (unpaired) electrons. The van der Waals surface area contributed by atoms with Crippen molar-refractivity contribution in [2.24, 2.45) is 5.73 Å². The number of hydrogen-bond donors (Lipinski definition) is 2. The van der Waals surface area contributed by atoms with Crippen molar-refractivity contribution in [3.8, 4) is 0 Å². The number of nitrogens with two attached hydrogens (primary N) is 1. The van der Waals surface area contributed by atoms with Crippen molar-refractivity contribution in [1.82, 2.24) is 4.98 Å². The van der Waals surface area contributed by atoms with E-state index < -0.39 is 0 Å². The Morgan fingerprint density at radius 1 is 1.10 bits per heavy atom. The minimum atomic E-state index is 0.363. The molecule has 2 aliphatic rings. The van der Waals surface area contributed by atoms with Gasteiger partial charge in [0, 0.05) is 25.2 Å². The lowest BCUT2D eigenvalue weighted by Gasteiger charge is -2.29. The summed E-state index contributed by atoms with van der Waals surface area (Å²) >= 11 is 0. The van der Waals surface area contributed by atoms with Crippen LogP contribution < -0.4 is 16.0 Å². The molecule has 3 rings (SSSR count). The van der Waals surface area contributed by atoms with Gasteiger partial charge >= 0.3 is 0 Å². The molecule has 1 saturated carbocycles. The zero-order valence-electron chi connectivity index (χ0n) is 12.2. The van der Waals surface area contributed by atoms with Gasteiger partial charge in [-0.3, -0.25) is 0 Å². The van der Waals surface area contributed by atoms with Crippen molar-refractivity contribution < 1.29 is 0 Å². The molecule has 0 aromatic carbocycles. The van der Waals surface area contributed by atoms with Crippen molar-refractivity contribution in [3.05, 3.63) is 18.3 Å². The Hall–Kier alpha value is -1.29. The van der Waals surface area contributed by atoms with Gasteiger partial charge in [-0.05, 0) is 57.1 Å². The third-order valence-electron chi connectivity index (χ3n) is 4.51. The Morgan fingerprint density at radius 2 is 1.95 bits per heavy atom. The first-order valence-electron chi connectivity index (χ1n) is 8.04. The minimum Gasteiger partial charge on any atom is -0.381 e. The lowest BCUT2D eigenvalue weighted by molar-refractivity contribution is 0.409. The summed E-state index contributed by atoms with van der Waals surface area (Å²) in [4.78, 5) is 7.01. The van der Waals surface area contributed by atoms with E-state index in [1.54, 1.807) is 0 Å². The highest BCUT2D eigenvalue weighted by Crippen LogP contribution is 2.23. The maximum atomic E-state index is 6.04. The SMILES string of the molecule is NC1CCCC(Nc2ccc(N3CCCCC3)nc2)C1. The van der Waals surface area contributed by atoms with E-state index in [1.165, 1.54) is 38.5 Å². The van der Waals surface area contributed by atoms with Crippen molar-refractivity contribution in [3.63, 3.8) is 0 Å². The van der Waals surface area contributed by atoms with Crippen LogP contribution in [0.3, 0.4) is 0 Å². The van der Waals surface area contributed by atoms with E-state index >= 15 is 0 Å². The quantitative estimate of drug-likeness (QED) is 0.890. The smallest absolute Gasteiger partial charge is 0.128 e. The first-order chi connectivity index (χ1) is 9.81. The van der Waals surface area contributed by atoms with E-state index in [9.17, 15) is 0 Å². The highest BCUT2D eigenvalue weighted by atomic mass is 15.2. The number of anilines is 2. The number of nitrogens with zero attached hydrogens (tertiary/aromatic N) is 2. The third kappa shape index (κ3) is 3.42. The van der Waals surface area contributed by atoms with E-state index in [0.29, 0.717) is 12.1 Å². The van der Waals surface area contributed by atoms with Gasteiger partial charge < -0.3 is 16.0 Å². The summed E-state index contributed by atoms with van der Waals surface area (Å²) in [5, 5.41) is 3.58. The lowest BCUT2D eigenvalue weighted by Crippen LogP contribution is -2.35. The summed E-state index contributed by atoms with van der Waals surface area (Å²) in [5.41, 5.74) is 7.17. The highest BCUT2D eigenvalue weighted by Gasteiger charge is 2.19. The van der Waals surface area contributed by atoms with Gasteiger partial charge in [0.25, 0.3) is 0 Å². The molecule has 1 aromatic heterocycles. The molecule has 2 heterocycles. The van der Waals surface area contributed by atoms with Gasteiger partial charge in [-0.2, -0.15) is 0 Å². The lowest BCUT2D eigenvalue weighted by atomic mass is 9.91. The molecule has 1 saturated heterocycles. The van der Waals surface area contributed by atoms with E-state index in [2.05, 4.69) is 27.3 Å². The molecule has 0 spiro atoms. The molecule has 2 atom stereocenters. The Labute approximate surface area is 121 Å². The molecular weight excluding hydrogens is 248 g/mol. The van der Waals surface area contributed by atoms with E-state index in [0.717, 1.165) is 31.0 Å². The number of aromatic nitrogens is 1. The summed E-state index contributed by atoms with van der Waals surface area (Å²) in [7, 11) is 0. The van der Waals surface area contributed by atoms with Crippen molar-refractivity contribution in [2.45, 2.75) is 57.0 Å². The molecule has 0 amide bonds. The van der Waals surface area contributed by atoms with Gasteiger partial charge in [-0.15, -0.1) is 0 Å². The fraction of sp³-hybridized carbons (Fsp3) is 0.688. The standard InChI is InChI=1S/C16H26N4/c17-13-5-4-6-14(11-13)19-15-7-8-16(18-12-15)20-9-2-1-3-10-20/h7-8,12-14,19H,1-6,9-11,17H2. The van der Waals surface area contributed by atoms with E-state index in [-0.39, 0.29) is 0 Å². The van der Waals surface area contributed by atoms with Crippen molar-refractivity contribution in [2.75, 3.05) is 23.3 Å². The summed E-state index contributed by atoms with van der Waals surface area (Å²) in [6.07, 6.45) is 10.6. The average Bonchev–Trinajstić information content (AvgIpc) is 2.49. The molecule has 1 aliphatic heterocycles. The topological polar surface area (TPSA) is 54.2 Å². The maximum absolute atomic E-state index is 6.04. The molecule has 2 fully saturated rings. The van der Waals surface area contributed by atoms with Crippen LogP contribution in [0.1, 0.15) is 44.9 Å². The third-order valence-corrected chi connectivity index (χ3v) is 4.51. The summed E-state index contributed by atoms with van der Waals surface area (Å²) in [6, 6.07) is 5.19. The normalized spacial score (nSPS) is 27.4. The van der Waals surface area contributed by atoms with Crippen LogP contribution in [-0.4, -0.2) is 30.2 Å². The van der Waals surface area contributed by atoms with Crippen LogP contribution in [0.5, 0.6) is 0 Å². The van der Waals surface area contributed by atoms with Crippen LogP contribution in [-0.2, 0) is 0 Å². The maximum Gasteiger partial charge on any atom is 0.128 e. The Kier molecular flexibility index (Phi) is 4.41. The van der Waals surface area contributed by atoms with Crippen LogP contribution >= 0.6 is 0 Å². The monoisotopic (exact) mass is 274 g/mol. The van der Waals surface area contributed by atoms with E-state index in [1.807, 2.05) is 6.20 Å². The molecule has 0 bridgehead atoms. The highest BCUT2D eigenvalue weighted by molar-refractivity contribution is 5.49.